The molecular formula is C12H14F3N3O2. The van der Waals surface area contributed by atoms with Gasteiger partial charge in [0.1, 0.15) is 5.69 Å². The van der Waals surface area contributed by atoms with E-state index in [1.165, 1.54) is 0 Å². The maximum absolute atomic E-state index is 12.6. The molecule has 0 spiro atoms. The topological polar surface area (TPSA) is 81.2 Å². The molecule has 0 bridgehead atoms. The third-order valence-electron chi connectivity index (χ3n) is 3.31. The lowest BCUT2D eigenvalue weighted by Gasteiger charge is -2.18. The molecule has 0 aromatic heterocycles. The zero-order chi connectivity index (χ0) is 14.9. The van der Waals surface area contributed by atoms with Crippen LogP contribution in [0.3, 0.4) is 0 Å². The van der Waals surface area contributed by atoms with Gasteiger partial charge in [-0.3, -0.25) is 10.1 Å². The number of nitro benzene ring substituents is 1. The molecule has 1 unspecified atom stereocenters. The first-order valence-electron chi connectivity index (χ1n) is 6.15. The lowest BCUT2D eigenvalue weighted by molar-refractivity contribution is -0.384. The van der Waals surface area contributed by atoms with Crippen LogP contribution in [0.15, 0.2) is 18.2 Å². The number of halogens is 3. The number of hydrogen-bond donors (Lipinski definition) is 2. The van der Waals surface area contributed by atoms with Crippen molar-refractivity contribution in [3.05, 3.63) is 33.9 Å². The van der Waals surface area contributed by atoms with Crippen LogP contribution in [-0.2, 0) is 6.18 Å². The van der Waals surface area contributed by atoms with Gasteiger partial charge in [0.25, 0.3) is 5.69 Å². The van der Waals surface area contributed by atoms with Crippen molar-refractivity contribution in [1.29, 1.82) is 0 Å². The number of nitro groups is 1. The van der Waals surface area contributed by atoms with Crippen LogP contribution in [0.4, 0.5) is 24.5 Å². The van der Waals surface area contributed by atoms with Gasteiger partial charge >= 0.3 is 6.18 Å². The predicted octanol–water partition coefficient (Wildman–Crippen LogP) is 2.76. The van der Waals surface area contributed by atoms with Crippen LogP contribution in [0.25, 0.3) is 0 Å². The van der Waals surface area contributed by atoms with E-state index in [1.54, 1.807) is 0 Å². The second-order valence-electron chi connectivity index (χ2n) is 4.81. The smallest absolute Gasteiger partial charge is 0.375 e. The van der Waals surface area contributed by atoms with E-state index in [0.29, 0.717) is 12.0 Å². The van der Waals surface area contributed by atoms with Gasteiger partial charge in [0.2, 0.25) is 0 Å². The molecule has 0 radical (unpaired) electrons. The summed E-state index contributed by atoms with van der Waals surface area (Å²) in [5, 5.41) is 13.8. The zero-order valence-corrected chi connectivity index (χ0v) is 10.5. The number of benzene rings is 1. The maximum Gasteiger partial charge on any atom is 0.416 e. The van der Waals surface area contributed by atoms with Gasteiger partial charge in [0.15, 0.2) is 0 Å². The Morgan fingerprint density at radius 1 is 1.45 bits per heavy atom. The molecule has 0 saturated heterocycles. The van der Waals surface area contributed by atoms with Gasteiger partial charge in [-0.1, -0.05) is 0 Å². The third-order valence-corrected chi connectivity index (χ3v) is 3.31. The number of nitrogens with two attached hydrogens (primary N) is 1. The fourth-order valence-electron chi connectivity index (χ4n) is 2.05. The van der Waals surface area contributed by atoms with E-state index in [4.69, 9.17) is 5.73 Å². The Hall–Kier alpha value is -1.83. The zero-order valence-electron chi connectivity index (χ0n) is 10.5. The molecule has 110 valence electrons. The number of rotatable bonds is 5. The number of hydrogen-bond acceptors (Lipinski definition) is 4. The molecule has 1 aromatic rings. The Kier molecular flexibility index (Phi) is 3.85. The van der Waals surface area contributed by atoms with Crippen molar-refractivity contribution in [2.45, 2.75) is 25.1 Å². The normalized spacial score (nSPS) is 16.8. The van der Waals surface area contributed by atoms with E-state index < -0.39 is 22.4 Å². The Morgan fingerprint density at radius 3 is 2.55 bits per heavy atom. The first kappa shape index (κ1) is 14.6. The molecule has 1 saturated carbocycles. The van der Waals surface area contributed by atoms with Gasteiger partial charge in [0, 0.05) is 18.7 Å². The fraction of sp³-hybridized carbons (Fsp3) is 0.500. The van der Waals surface area contributed by atoms with Gasteiger partial charge in [-0.15, -0.1) is 0 Å². The highest BCUT2D eigenvalue weighted by Gasteiger charge is 2.35. The molecule has 1 aliphatic carbocycles. The minimum Gasteiger partial charge on any atom is -0.375 e. The monoisotopic (exact) mass is 289 g/mol. The molecule has 1 aromatic carbocycles. The molecule has 20 heavy (non-hydrogen) atoms. The van der Waals surface area contributed by atoms with Crippen molar-refractivity contribution in [1.82, 2.24) is 0 Å². The first-order chi connectivity index (χ1) is 9.32. The van der Waals surface area contributed by atoms with Crippen LogP contribution in [-0.4, -0.2) is 17.5 Å². The number of anilines is 1. The highest BCUT2D eigenvalue weighted by atomic mass is 19.4. The van der Waals surface area contributed by atoms with Gasteiger partial charge in [-0.25, -0.2) is 0 Å². The summed E-state index contributed by atoms with van der Waals surface area (Å²) in [6.07, 6.45) is -2.65. The van der Waals surface area contributed by atoms with Crippen LogP contribution in [0.5, 0.6) is 0 Å². The fourth-order valence-corrected chi connectivity index (χ4v) is 2.05. The molecule has 3 N–H and O–H groups in total. The van der Waals surface area contributed by atoms with Crippen LogP contribution in [0.1, 0.15) is 18.4 Å². The summed E-state index contributed by atoms with van der Waals surface area (Å²) >= 11 is 0. The molecule has 0 aliphatic heterocycles. The largest absolute Gasteiger partial charge is 0.416 e. The highest BCUT2D eigenvalue weighted by molar-refractivity contribution is 5.63. The number of alkyl halides is 3. The Balaban J connectivity index is 2.30. The van der Waals surface area contributed by atoms with Crippen molar-refractivity contribution in [2.24, 2.45) is 11.7 Å². The average Bonchev–Trinajstić information content (AvgIpc) is 3.18. The van der Waals surface area contributed by atoms with Crippen LogP contribution in [0.2, 0.25) is 0 Å². The summed E-state index contributed by atoms with van der Waals surface area (Å²) < 4.78 is 37.7. The summed E-state index contributed by atoms with van der Waals surface area (Å²) in [6.45, 7) is 0.281. The molecule has 8 heteroatoms. The Labute approximate surface area is 113 Å². The quantitative estimate of drug-likeness (QED) is 0.645. The van der Waals surface area contributed by atoms with E-state index in [1.807, 2.05) is 0 Å². The van der Waals surface area contributed by atoms with Crippen molar-refractivity contribution >= 4 is 11.4 Å². The van der Waals surface area contributed by atoms with Crippen molar-refractivity contribution < 1.29 is 18.1 Å². The maximum atomic E-state index is 12.6. The summed E-state index contributed by atoms with van der Waals surface area (Å²) in [7, 11) is 0. The van der Waals surface area contributed by atoms with Crippen LogP contribution in [0, 0.1) is 16.0 Å². The van der Waals surface area contributed by atoms with E-state index in [9.17, 15) is 23.3 Å². The molecule has 0 heterocycles. The second kappa shape index (κ2) is 5.28. The Bertz CT molecular complexity index is 515. The van der Waals surface area contributed by atoms with Crippen molar-refractivity contribution in [3.8, 4) is 0 Å². The van der Waals surface area contributed by atoms with Gasteiger partial charge in [-0.05, 0) is 30.9 Å². The molecule has 1 fully saturated rings. The lowest BCUT2D eigenvalue weighted by Crippen LogP contribution is -2.31. The summed E-state index contributed by atoms with van der Waals surface area (Å²) in [5.74, 6) is 0.335. The minimum atomic E-state index is -4.60. The first-order valence-corrected chi connectivity index (χ1v) is 6.15. The summed E-state index contributed by atoms with van der Waals surface area (Å²) in [5.41, 5.74) is 4.03. The van der Waals surface area contributed by atoms with Gasteiger partial charge in [-0.2, -0.15) is 13.2 Å². The van der Waals surface area contributed by atoms with Gasteiger partial charge < -0.3 is 11.1 Å². The molecule has 1 atom stereocenters. The number of nitrogens with zero attached hydrogens (tertiary/aromatic N) is 1. The molecular weight excluding hydrogens is 275 g/mol. The molecule has 1 aliphatic rings. The lowest BCUT2D eigenvalue weighted by atomic mass is 10.1. The van der Waals surface area contributed by atoms with E-state index in [0.717, 1.165) is 25.0 Å². The minimum absolute atomic E-state index is 0.0744. The standard InChI is InChI=1S/C12H14F3N3O2/c13-12(14,15)8-3-4-9(11(5-8)18(19)20)17-10(6-16)7-1-2-7/h3-5,7,10,17H,1-2,6,16H2. The van der Waals surface area contributed by atoms with Gasteiger partial charge in [0.05, 0.1) is 10.5 Å². The third kappa shape index (κ3) is 3.19. The van der Waals surface area contributed by atoms with Crippen LogP contribution < -0.4 is 11.1 Å². The van der Waals surface area contributed by atoms with Crippen molar-refractivity contribution in [2.75, 3.05) is 11.9 Å². The predicted molar refractivity (Wildman–Crippen MR) is 67.3 cm³/mol. The van der Waals surface area contributed by atoms with E-state index in [-0.39, 0.29) is 18.3 Å². The van der Waals surface area contributed by atoms with Crippen molar-refractivity contribution in [3.63, 3.8) is 0 Å². The summed E-state index contributed by atoms with van der Waals surface area (Å²) in [6, 6.07) is 2.32. The summed E-state index contributed by atoms with van der Waals surface area (Å²) in [4.78, 5) is 10.1. The van der Waals surface area contributed by atoms with Crippen LogP contribution >= 0.6 is 0 Å². The second-order valence-corrected chi connectivity index (χ2v) is 4.81. The average molecular weight is 289 g/mol. The SMILES string of the molecule is NCC(Nc1ccc(C(F)(F)F)cc1[N+](=O)[O-])C1CC1. The van der Waals surface area contributed by atoms with E-state index in [2.05, 4.69) is 5.32 Å². The molecule has 5 nitrogen and oxygen atoms in total. The highest BCUT2D eigenvalue weighted by Crippen LogP contribution is 2.38. The molecule has 0 amide bonds. The number of nitrogens with one attached hydrogen (secondary N) is 1. The van der Waals surface area contributed by atoms with E-state index >= 15 is 0 Å². The Morgan fingerprint density at radius 2 is 2.10 bits per heavy atom. The molecule has 2 rings (SSSR count).